The molecule has 1 aromatic rings. The highest BCUT2D eigenvalue weighted by atomic mass is 19.4. The Balaban J connectivity index is 2.34. The maximum absolute atomic E-state index is 13.0. The van der Waals surface area contributed by atoms with Crippen LogP contribution in [0.25, 0.3) is 0 Å². The van der Waals surface area contributed by atoms with Crippen molar-refractivity contribution in [2.45, 2.75) is 50.6 Å². The summed E-state index contributed by atoms with van der Waals surface area (Å²) in [5, 5.41) is 3.60. The second-order valence-electron chi connectivity index (χ2n) is 4.70. The van der Waals surface area contributed by atoms with Gasteiger partial charge in [-0.1, -0.05) is 25.4 Å². The lowest BCUT2D eigenvalue weighted by Crippen LogP contribution is -2.48. The molecule has 1 heterocycles. The molecule has 90 valence electrons. The van der Waals surface area contributed by atoms with Crippen molar-refractivity contribution in [3.05, 3.63) is 17.5 Å². The highest BCUT2D eigenvalue weighted by molar-refractivity contribution is 5.24. The number of aromatic nitrogens is 1. The van der Waals surface area contributed by atoms with Crippen LogP contribution in [0.15, 0.2) is 10.6 Å². The van der Waals surface area contributed by atoms with Gasteiger partial charge < -0.3 is 4.52 Å². The predicted molar refractivity (Wildman–Crippen MR) is 52.2 cm³/mol. The summed E-state index contributed by atoms with van der Waals surface area (Å²) in [5.74, 6) is 0.581. The molecule has 0 atom stereocenters. The van der Waals surface area contributed by atoms with Crippen molar-refractivity contribution >= 4 is 0 Å². The molecule has 16 heavy (non-hydrogen) atoms. The van der Waals surface area contributed by atoms with Crippen molar-refractivity contribution in [3.63, 3.8) is 0 Å². The van der Waals surface area contributed by atoms with E-state index in [2.05, 4.69) is 5.16 Å². The molecule has 1 saturated carbocycles. The third-order valence-electron chi connectivity index (χ3n) is 3.34. The van der Waals surface area contributed by atoms with Crippen LogP contribution in [0.3, 0.4) is 0 Å². The normalized spacial score (nSPS) is 19.9. The second-order valence-corrected chi connectivity index (χ2v) is 4.70. The lowest BCUT2D eigenvalue weighted by molar-refractivity contribution is -0.214. The zero-order chi connectivity index (χ0) is 12.0. The molecule has 2 rings (SSSR count). The fourth-order valence-electron chi connectivity index (χ4n) is 2.00. The van der Waals surface area contributed by atoms with Gasteiger partial charge in [-0.25, -0.2) is 0 Å². The zero-order valence-corrected chi connectivity index (χ0v) is 9.27. The first-order valence-corrected chi connectivity index (χ1v) is 5.41. The van der Waals surface area contributed by atoms with Gasteiger partial charge in [0.25, 0.3) is 0 Å². The summed E-state index contributed by atoms with van der Waals surface area (Å²) in [5.41, 5.74) is -1.70. The minimum absolute atomic E-state index is 0.0509. The van der Waals surface area contributed by atoms with Crippen LogP contribution >= 0.6 is 0 Å². The largest absolute Gasteiger partial charge is 0.400 e. The van der Waals surface area contributed by atoms with Gasteiger partial charge in [-0.2, -0.15) is 13.2 Å². The first-order valence-electron chi connectivity index (χ1n) is 5.41. The minimum atomic E-state index is -4.23. The first kappa shape index (κ1) is 11.5. The fourth-order valence-corrected chi connectivity index (χ4v) is 2.00. The molecule has 0 bridgehead atoms. The van der Waals surface area contributed by atoms with E-state index in [0.29, 0.717) is 12.2 Å². The van der Waals surface area contributed by atoms with Crippen LogP contribution in [0.5, 0.6) is 0 Å². The summed E-state index contributed by atoms with van der Waals surface area (Å²) in [7, 11) is 0. The Morgan fingerprint density at radius 2 is 2.00 bits per heavy atom. The Kier molecular flexibility index (Phi) is 2.51. The SMILES string of the molecule is CC(C)c1cc(C2(C(F)(F)F)CCC2)no1. The molecule has 1 fully saturated rings. The monoisotopic (exact) mass is 233 g/mol. The number of hydrogen-bond donors (Lipinski definition) is 0. The fraction of sp³-hybridized carbons (Fsp3) is 0.727. The van der Waals surface area contributed by atoms with Crippen LogP contribution in [0.2, 0.25) is 0 Å². The summed E-state index contributed by atoms with van der Waals surface area (Å²) in [4.78, 5) is 0. The Bertz CT molecular complexity index is 377. The Morgan fingerprint density at radius 1 is 1.38 bits per heavy atom. The average molecular weight is 233 g/mol. The third-order valence-corrected chi connectivity index (χ3v) is 3.34. The van der Waals surface area contributed by atoms with E-state index in [1.54, 1.807) is 0 Å². The van der Waals surface area contributed by atoms with E-state index in [1.165, 1.54) is 6.07 Å². The molecule has 0 unspecified atom stereocenters. The molecular formula is C11H14F3NO. The zero-order valence-electron chi connectivity index (χ0n) is 9.27. The number of halogens is 3. The van der Waals surface area contributed by atoms with Crippen LogP contribution < -0.4 is 0 Å². The molecule has 1 aliphatic rings. The van der Waals surface area contributed by atoms with Gasteiger partial charge >= 0.3 is 6.18 Å². The molecule has 0 saturated heterocycles. The van der Waals surface area contributed by atoms with Crippen molar-refractivity contribution in [3.8, 4) is 0 Å². The summed E-state index contributed by atoms with van der Waals surface area (Å²) in [6.07, 6.45) is -3.37. The topological polar surface area (TPSA) is 26.0 Å². The lowest BCUT2D eigenvalue weighted by Gasteiger charge is -2.41. The van der Waals surface area contributed by atoms with Gasteiger partial charge in [-0.3, -0.25) is 0 Å². The molecule has 0 aromatic carbocycles. The molecule has 5 heteroatoms. The van der Waals surface area contributed by atoms with Crippen LogP contribution in [0, 0.1) is 0 Å². The summed E-state index contributed by atoms with van der Waals surface area (Å²) in [6, 6.07) is 1.46. The quantitative estimate of drug-likeness (QED) is 0.776. The highest BCUT2D eigenvalue weighted by Gasteiger charge is 2.61. The maximum atomic E-state index is 13.0. The van der Waals surface area contributed by atoms with E-state index in [9.17, 15) is 13.2 Å². The second kappa shape index (κ2) is 3.50. The molecule has 0 N–H and O–H groups in total. The van der Waals surface area contributed by atoms with Crippen LogP contribution in [0.4, 0.5) is 13.2 Å². The number of hydrogen-bond acceptors (Lipinski definition) is 2. The van der Waals surface area contributed by atoms with Crippen molar-refractivity contribution in [1.29, 1.82) is 0 Å². The Hall–Kier alpha value is -1.00. The summed E-state index contributed by atoms with van der Waals surface area (Å²) in [6.45, 7) is 3.73. The highest BCUT2D eigenvalue weighted by Crippen LogP contribution is 2.54. The number of alkyl halides is 3. The van der Waals surface area contributed by atoms with Gasteiger partial charge in [-0.05, 0) is 12.8 Å². The Labute approximate surface area is 91.8 Å². The molecule has 0 amide bonds. The molecule has 0 aliphatic heterocycles. The molecule has 2 nitrogen and oxygen atoms in total. The maximum Gasteiger partial charge on any atom is 0.400 e. The van der Waals surface area contributed by atoms with Gasteiger partial charge in [0.05, 0.1) is 5.69 Å². The van der Waals surface area contributed by atoms with E-state index in [4.69, 9.17) is 4.52 Å². The van der Waals surface area contributed by atoms with Crippen LogP contribution in [-0.4, -0.2) is 11.3 Å². The molecular weight excluding hydrogens is 219 g/mol. The van der Waals surface area contributed by atoms with Gasteiger partial charge in [-0.15, -0.1) is 0 Å². The van der Waals surface area contributed by atoms with Gasteiger partial charge in [0.2, 0.25) is 0 Å². The molecule has 0 radical (unpaired) electrons. The summed E-state index contributed by atoms with van der Waals surface area (Å²) < 4.78 is 43.9. The van der Waals surface area contributed by atoms with E-state index in [1.807, 2.05) is 13.8 Å². The van der Waals surface area contributed by atoms with Crippen LogP contribution in [0.1, 0.15) is 50.5 Å². The van der Waals surface area contributed by atoms with Gasteiger partial charge in [0.1, 0.15) is 11.2 Å². The lowest BCUT2D eigenvalue weighted by atomic mass is 9.66. The van der Waals surface area contributed by atoms with Crippen LogP contribution in [-0.2, 0) is 5.41 Å². The van der Waals surface area contributed by atoms with Crippen molar-refractivity contribution in [1.82, 2.24) is 5.16 Å². The van der Waals surface area contributed by atoms with Crippen molar-refractivity contribution in [2.75, 3.05) is 0 Å². The average Bonchev–Trinajstić information content (AvgIpc) is 2.47. The summed E-state index contributed by atoms with van der Waals surface area (Å²) >= 11 is 0. The van der Waals surface area contributed by atoms with Gasteiger partial charge in [0, 0.05) is 12.0 Å². The molecule has 1 aliphatic carbocycles. The third kappa shape index (κ3) is 1.53. The minimum Gasteiger partial charge on any atom is -0.361 e. The van der Waals surface area contributed by atoms with E-state index in [0.717, 1.165) is 0 Å². The smallest absolute Gasteiger partial charge is 0.361 e. The van der Waals surface area contributed by atoms with E-state index >= 15 is 0 Å². The van der Waals surface area contributed by atoms with Crippen molar-refractivity contribution in [2.24, 2.45) is 0 Å². The number of rotatable bonds is 2. The van der Waals surface area contributed by atoms with Crippen molar-refractivity contribution < 1.29 is 17.7 Å². The van der Waals surface area contributed by atoms with E-state index in [-0.39, 0.29) is 24.5 Å². The molecule has 0 spiro atoms. The number of nitrogens with zero attached hydrogens (tertiary/aromatic N) is 1. The molecule has 1 aromatic heterocycles. The standard InChI is InChI=1S/C11H14F3NO/c1-7(2)8-6-9(15-16-8)10(4-3-5-10)11(12,13)14/h6-7H,3-5H2,1-2H3. The Morgan fingerprint density at radius 3 is 2.31 bits per heavy atom. The first-order chi connectivity index (χ1) is 7.37. The van der Waals surface area contributed by atoms with E-state index < -0.39 is 11.6 Å². The van der Waals surface area contributed by atoms with Gasteiger partial charge in [0.15, 0.2) is 0 Å². The predicted octanol–water partition coefficient (Wildman–Crippen LogP) is 3.78.